The van der Waals surface area contributed by atoms with Gasteiger partial charge < -0.3 is 5.53 Å². The number of aromatic nitrogens is 2. The van der Waals surface area contributed by atoms with Gasteiger partial charge in [0.05, 0.1) is 11.3 Å². The lowest BCUT2D eigenvalue weighted by molar-refractivity contribution is -0.00275. The van der Waals surface area contributed by atoms with E-state index in [2.05, 4.69) is 14.8 Å². The highest BCUT2D eigenvalue weighted by molar-refractivity contribution is 6.19. The molecule has 4 heteroatoms. The van der Waals surface area contributed by atoms with Crippen LogP contribution in [0.15, 0.2) is 36.7 Å². The summed E-state index contributed by atoms with van der Waals surface area (Å²) in [5, 5.41) is 0. The van der Waals surface area contributed by atoms with Gasteiger partial charge in [-0.15, -0.1) is 0 Å². The van der Waals surface area contributed by atoms with Crippen molar-refractivity contribution in [3.63, 3.8) is 0 Å². The highest BCUT2D eigenvalue weighted by atomic mass is 14.9. The quantitative estimate of drug-likeness (QED) is 0.402. The third-order valence-corrected chi connectivity index (χ3v) is 2.45. The van der Waals surface area contributed by atoms with Crippen LogP contribution in [0.1, 0.15) is 11.3 Å². The Hall–Kier alpha value is -2.32. The van der Waals surface area contributed by atoms with E-state index in [1.165, 1.54) is 0 Å². The van der Waals surface area contributed by atoms with E-state index in [1.807, 2.05) is 24.3 Å². The van der Waals surface area contributed by atoms with E-state index in [0.29, 0.717) is 11.4 Å². The molecule has 0 spiro atoms. The second kappa shape index (κ2) is 2.83. The summed E-state index contributed by atoms with van der Waals surface area (Å²) >= 11 is 0. The predicted molar refractivity (Wildman–Crippen MR) is 54.3 cm³/mol. The van der Waals surface area contributed by atoms with Crippen LogP contribution in [-0.4, -0.2) is 20.5 Å². The zero-order valence-electron chi connectivity index (χ0n) is 7.75. The molecule has 1 aliphatic rings. The minimum absolute atomic E-state index is 0.494. The molecule has 0 fully saturated rings. The molecule has 70 valence electrons. The zero-order valence-corrected chi connectivity index (χ0v) is 7.75. The molecule has 0 radical (unpaired) electrons. The van der Waals surface area contributed by atoms with Crippen molar-refractivity contribution in [3.8, 4) is 11.3 Å². The minimum atomic E-state index is 0.494. The average molecular weight is 194 g/mol. The van der Waals surface area contributed by atoms with Crippen molar-refractivity contribution >= 4 is 5.71 Å². The molecule has 1 aliphatic carbocycles. The second-order valence-corrected chi connectivity index (χ2v) is 3.25. The summed E-state index contributed by atoms with van der Waals surface area (Å²) in [7, 11) is 0. The molecule has 2 heterocycles. The number of hydrogen-bond donors (Lipinski definition) is 0. The number of fused-ring (bicyclic) bond motifs is 3. The van der Waals surface area contributed by atoms with Gasteiger partial charge in [0, 0.05) is 18.0 Å². The van der Waals surface area contributed by atoms with Crippen molar-refractivity contribution in [3.05, 3.63) is 53.4 Å². The Bertz CT molecular complexity index is 550. The van der Waals surface area contributed by atoms with Gasteiger partial charge in [-0.25, -0.2) is 4.98 Å². The fraction of sp³-hybridized carbons (Fsp3) is 0. The van der Waals surface area contributed by atoms with Gasteiger partial charge in [0.25, 0.3) is 0 Å². The van der Waals surface area contributed by atoms with Gasteiger partial charge >= 0.3 is 5.71 Å². The molecule has 2 aromatic rings. The molecular formula is C11H6N4. The smallest absolute Gasteiger partial charge is 0.350 e. The molecule has 15 heavy (non-hydrogen) atoms. The summed E-state index contributed by atoms with van der Waals surface area (Å²) in [5.41, 5.74) is 12.7. The molecule has 0 amide bonds. The van der Waals surface area contributed by atoms with Gasteiger partial charge in [-0.05, 0) is 24.3 Å². The lowest BCUT2D eigenvalue weighted by Crippen LogP contribution is -2.01. The Labute approximate surface area is 85.9 Å². The molecular weight excluding hydrogens is 188 g/mol. The molecule has 0 aliphatic heterocycles. The largest absolute Gasteiger partial charge is 0.361 e. The minimum Gasteiger partial charge on any atom is -0.361 e. The molecule has 0 N–H and O–H groups in total. The van der Waals surface area contributed by atoms with Crippen LogP contribution in [0.5, 0.6) is 0 Å². The first-order chi connectivity index (χ1) is 7.42. The summed E-state index contributed by atoms with van der Waals surface area (Å²) in [6.07, 6.45) is 3.39. The van der Waals surface area contributed by atoms with E-state index in [0.717, 1.165) is 16.8 Å². The fourth-order valence-electron chi connectivity index (χ4n) is 1.82. The monoisotopic (exact) mass is 194 g/mol. The van der Waals surface area contributed by atoms with Crippen molar-refractivity contribution < 1.29 is 4.79 Å². The second-order valence-electron chi connectivity index (χ2n) is 3.25. The van der Waals surface area contributed by atoms with Crippen molar-refractivity contribution in [2.24, 2.45) is 0 Å². The topological polar surface area (TPSA) is 62.2 Å². The third-order valence-electron chi connectivity index (χ3n) is 2.45. The Balaban J connectivity index is 2.47. The lowest BCUT2D eigenvalue weighted by Gasteiger charge is -1.93. The summed E-state index contributed by atoms with van der Waals surface area (Å²) in [4.78, 5) is 11.7. The molecule has 0 aromatic carbocycles. The third kappa shape index (κ3) is 0.965. The van der Waals surface area contributed by atoms with Crippen LogP contribution in [0.3, 0.4) is 0 Å². The SMILES string of the molecule is [N-]=[N+]=C1c2cccnc2-c2cccnc21. The number of rotatable bonds is 0. The molecule has 2 aromatic heterocycles. The fourth-order valence-corrected chi connectivity index (χ4v) is 1.82. The van der Waals surface area contributed by atoms with Crippen LogP contribution in [0.25, 0.3) is 16.8 Å². The van der Waals surface area contributed by atoms with E-state index in [9.17, 15) is 0 Å². The van der Waals surface area contributed by atoms with Crippen LogP contribution < -0.4 is 0 Å². The van der Waals surface area contributed by atoms with Crippen molar-refractivity contribution in [2.45, 2.75) is 0 Å². The van der Waals surface area contributed by atoms with Crippen LogP contribution in [0.2, 0.25) is 0 Å². The molecule has 0 unspecified atom stereocenters. The molecule has 4 nitrogen and oxygen atoms in total. The van der Waals surface area contributed by atoms with Gasteiger partial charge in [-0.2, -0.15) is 4.79 Å². The van der Waals surface area contributed by atoms with Crippen LogP contribution in [-0.2, 0) is 0 Å². The van der Waals surface area contributed by atoms with Crippen molar-refractivity contribution in [1.82, 2.24) is 9.97 Å². The summed E-state index contributed by atoms with van der Waals surface area (Å²) in [6, 6.07) is 7.46. The number of pyridine rings is 2. The van der Waals surface area contributed by atoms with Crippen LogP contribution in [0.4, 0.5) is 0 Å². The zero-order chi connectivity index (χ0) is 10.3. The van der Waals surface area contributed by atoms with E-state index >= 15 is 0 Å². The number of nitrogens with zero attached hydrogens (tertiary/aromatic N) is 4. The maximum atomic E-state index is 8.98. The number of hydrogen-bond acceptors (Lipinski definition) is 2. The standard InChI is InChI=1S/C11H6N4/c12-15-11-8-4-2-5-13-9(8)7-3-1-6-14-10(7)11/h1-6H. The van der Waals surface area contributed by atoms with Gasteiger partial charge in [0.1, 0.15) is 0 Å². The first kappa shape index (κ1) is 8.03. The first-order valence-corrected chi connectivity index (χ1v) is 4.55. The average Bonchev–Trinajstić information content (AvgIpc) is 2.63. The van der Waals surface area contributed by atoms with Gasteiger partial charge in [0.2, 0.25) is 0 Å². The Morgan fingerprint density at radius 2 is 1.60 bits per heavy atom. The molecule has 0 atom stereocenters. The molecule has 0 bridgehead atoms. The van der Waals surface area contributed by atoms with Crippen LogP contribution in [0, 0.1) is 0 Å². The maximum absolute atomic E-state index is 8.98. The first-order valence-electron chi connectivity index (χ1n) is 4.55. The maximum Gasteiger partial charge on any atom is 0.350 e. The normalized spacial score (nSPS) is 11.9. The molecule has 3 rings (SSSR count). The van der Waals surface area contributed by atoms with E-state index in [-0.39, 0.29) is 0 Å². The van der Waals surface area contributed by atoms with E-state index in [1.54, 1.807) is 12.4 Å². The van der Waals surface area contributed by atoms with Crippen molar-refractivity contribution in [1.29, 1.82) is 0 Å². The lowest BCUT2D eigenvalue weighted by atomic mass is 10.2. The predicted octanol–water partition coefficient (Wildman–Crippen LogP) is 1.52. The summed E-state index contributed by atoms with van der Waals surface area (Å²) in [5.74, 6) is 0. The Morgan fingerprint density at radius 3 is 2.33 bits per heavy atom. The van der Waals surface area contributed by atoms with Gasteiger partial charge in [0.15, 0.2) is 5.69 Å². The highest BCUT2D eigenvalue weighted by Crippen LogP contribution is 2.32. The summed E-state index contributed by atoms with van der Waals surface area (Å²) in [6.45, 7) is 0. The summed E-state index contributed by atoms with van der Waals surface area (Å²) < 4.78 is 0. The highest BCUT2D eigenvalue weighted by Gasteiger charge is 2.33. The van der Waals surface area contributed by atoms with E-state index in [4.69, 9.17) is 5.53 Å². The molecule has 0 saturated carbocycles. The van der Waals surface area contributed by atoms with Gasteiger partial charge in [-0.3, -0.25) is 4.98 Å². The van der Waals surface area contributed by atoms with Crippen molar-refractivity contribution in [2.75, 3.05) is 0 Å². The molecule has 0 saturated heterocycles. The van der Waals surface area contributed by atoms with Gasteiger partial charge in [-0.1, -0.05) is 0 Å². The van der Waals surface area contributed by atoms with E-state index < -0.39 is 0 Å². The van der Waals surface area contributed by atoms with Crippen LogP contribution >= 0.6 is 0 Å². The Kier molecular flexibility index (Phi) is 1.52. The Morgan fingerprint density at radius 1 is 0.933 bits per heavy atom.